The molecule has 2 heteroatoms. The first-order valence-corrected chi connectivity index (χ1v) is 6.04. The van der Waals surface area contributed by atoms with Crippen LogP contribution in [-0.4, -0.2) is 5.78 Å². The Bertz CT molecular complexity index is 520. The standard InChI is InChI=1S/C16H15FO/c17-15-8-4-7-14(11-15)12-16(18)10-9-13-5-2-1-3-6-13/h1-8,11H,9-10,12H2. The van der Waals surface area contributed by atoms with Crippen LogP contribution in [0.4, 0.5) is 4.39 Å². The lowest BCUT2D eigenvalue weighted by atomic mass is 10.0. The summed E-state index contributed by atoms with van der Waals surface area (Å²) in [7, 11) is 0. The Hall–Kier alpha value is -1.96. The topological polar surface area (TPSA) is 17.1 Å². The smallest absolute Gasteiger partial charge is 0.137 e. The number of halogens is 1. The fourth-order valence-electron chi connectivity index (χ4n) is 1.89. The van der Waals surface area contributed by atoms with Gasteiger partial charge in [0, 0.05) is 12.8 Å². The molecule has 0 amide bonds. The molecule has 0 spiro atoms. The van der Waals surface area contributed by atoms with Gasteiger partial charge >= 0.3 is 0 Å². The number of hydrogen-bond acceptors (Lipinski definition) is 1. The van der Waals surface area contributed by atoms with Gasteiger partial charge in [0.1, 0.15) is 11.6 Å². The molecule has 0 bridgehead atoms. The van der Waals surface area contributed by atoms with Crippen LogP contribution in [0.2, 0.25) is 0 Å². The fourth-order valence-corrected chi connectivity index (χ4v) is 1.89. The van der Waals surface area contributed by atoms with Crippen LogP contribution >= 0.6 is 0 Å². The summed E-state index contributed by atoms with van der Waals surface area (Å²) in [5, 5.41) is 0. The number of carbonyl (C=O) groups is 1. The number of carbonyl (C=O) groups excluding carboxylic acids is 1. The number of ketones is 1. The maximum Gasteiger partial charge on any atom is 0.137 e. The van der Waals surface area contributed by atoms with E-state index >= 15 is 0 Å². The number of rotatable bonds is 5. The molecule has 0 aliphatic rings. The molecule has 0 aromatic heterocycles. The molecular weight excluding hydrogens is 227 g/mol. The molecule has 92 valence electrons. The quantitative estimate of drug-likeness (QED) is 0.783. The summed E-state index contributed by atoms with van der Waals surface area (Å²) >= 11 is 0. The molecule has 2 aromatic rings. The van der Waals surface area contributed by atoms with Crippen molar-refractivity contribution in [1.82, 2.24) is 0 Å². The van der Waals surface area contributed by atoms with Crippen molar-refractivity contribution in [3.63, 3.8) is 0 Å². The minimum atomic E-state index is -0.289. The number of aryl methyl sites for hydroxylation is 1. The first kappa shape index (κ1) is 12.5. The minimum Gasteiger partial charge on any atom is -0.299 e. The van der Waals surface area contributed by atoms with Crippen LogP contribution in [-0.2, 0) is 17.6 Å². The highest BCUT2D eigenvalue weighted by Crippen LogP contribution is 2.08. The molecule has 1 nitrogen and oxygen atoms in total. The first-order valence-electron chi connectivity index (χ1n) is 6.04. The molecule has 0 aliphatic carbocycles. The number of hydrogen-bond donors (Lipinski definition) is 0. The summed E-state index contributed by atoms with van der Waals surface area (Å²) in [5.41, 5.74) is 1.90. The van der Waals surface area contributed by atoms with E-state index in [1.165, 1.54) is 12.1 Å². The van der Waals surface area contributed by atoms with Crippen LogP contribution in [0.5, 0.6) is 0 Å². The average Bonchev–Trinajstić information content (AvgIpc) is 2.38. The Labute approximate surface area is 106 Å². The van der Waals surface area contributed by atoms with Crippen molar-refractivity contribution >= 4 is 5.78 Å². The van der Waals surface area contributed by atoms with E-state index in [4.69, 9.17) is 0 Å². The third kappa shape index (κ3) is 3.81. The maximum absolute atomic E-state index is 13.0. The van der Waals surface area contributed by atoms with E-state index in [1.807, 2.05) is 30.3 Å². The van der Waals surface area contributed by atoms with E-state index in [9.17, 15) is 9.18 Å². The molecule has 0 N–H and O–H groups in total. The molecule has 0 fully saturated rings. The van der Waals surface area contributed by atoms with Crippen LogP contribution in [0.15, 0.2) is 54.6 Å². The highest BCUT2D eigenvalue weighted by atomic mass is 19.1. The Morgan fingerprint density at radius 3 is 2.39 bits per heavy atom. The summed E-state index contributed by atoms with van der Waals surface area (Å²) in [5.74, 6) is -0.146. The predicted octanol–water partition coefficient (Wildman–Crippen LogP) is 3.57. The Morgan fingerprint density at radius 1 is 0.944 bits per heavy atom. The molecule has 0 saturated heterocycles. The molecule has 0 unspecified atom stereocenters. The van der Waals surface area contributed by atoms with Crippen LogP contribution < -0.4 is 0 Å². The second-order valence-electron chi connectivity index (χ2n) is 4.33. The van der Waals surface area contributed by atoms with Crippen molar-refractivity contribution in [2.24, 2.45) is 0 Å². The van der Waals surface area contributed by atoms with Crippen molar-refractivity contribution < 1.29 is 9.18 Å². The maximum atomic E-state index is 13.0. The van der Waals surface area contributed by atoms with Gasteiger partial charge in [0.05, 0.1) is 0 Å². The molecule has 2 aromatic carbocycles. The molecule has 0 atom stereocenters. The van der Waals surface area contributed by atoms with Gasteiger partial charge in [-0.1, -0.05) is 42.5 Å². The summed E-state index contributed by atoms with van der Waals surface area (Å²) in [6.07, 6.45) is 1.56. The van der Waals surface area contributed by atoms with Crippen molar-refractivity contribution in [2.75, 3.05) is 0 Å². The van der Waals surface area contributed by atoms with Crippen LogP contribution in [0.3, 0.4) is 0 Å². The zero-order chi connectivity index (χ0) is 12.8. The van der Waals surface area contributed by atoms with E-state index in [2.05, 4.69) is 0 Å². The first-order chi connectivity index (χ1) is 8.74. The predicted molar refractivity (Wildman–Crippen MR) is 69.9 cm³/mol. The molecule has 0 radical (unpaired) electrons. The average molecular weight is 242 g/mol. The summed E-state index contributed by atoms with van der Waals surface area (Å²) in [4.78, 5) is 11.8. The Morgan fingerprint density at radius 2 is 1.67 bits per heavy atom. The van der Waals surface area contributed by atoms with Crippen molar-refractivity contribution in [2.45, 2.75) is 19.3 Å². The van der Waals surface area contributed by atoms with Crippen LogP contribution in [0.25, 0.3) is 0 Å². The number of Topliss-reactive ketones (excluding diaryl/α,β-unsaturated/α-hetero) is 1. The highest BCUT2D eigenvalue weighted by Gasteiger charge is 2.05. The highest BCUT2D eigenvalue weighted by molar-refractivity contribution is 5.81. The van der Waals surface area contributed by atoms with E-state index in [0.29, 0.717) is 12.8 Å². The molecular formula is C16H15FO. The van der Waals surface area contributed by atoms with Crippen LogP contribution in [0, 0.1) is 5.82 Å². The van der Waals surface area contributed by atoms with Crippen molar-refractivity contribution in [3.8, 4) is 0 Å². The van der Waals surface area contributed by atoms with Crippen molar-refractivity contribution in [3.05, 3.63) is 71.5 Å². The zero-order valence-corrected chi connectivity index (χ0v) is 10.1. The lowest BCUT2D eigenvalue weighted by Crippen LogP contribution is -2.04. The normalized spacial score (nSPS) is 10.3. The van der Waals surface area contributed by atoms with Gasteiger partial charge in [-0.2, -0.15) is 0 Å². The fraction of sp³-hybridized carbons (Fsp3) is 0.188. The molecule has 0 aliphatic heterocycles. The SMILES string of the molecule is O=C(CCc1ccccc1)Cc1cccc(F)c1. The van der Waals surface area contributed by atoms with E-state index in [-0.39, 0.29) is 11.6 Å². The summed E-state index contributed by atoms with van der Waals surface area (Å²) in [6, 6.07) is 16.1. The van der Waals surface area contributed by atoms with Gasteiger partial charge in [-0.3, -0.25) is 4.79 Å². The third-order valence-corrected chi connectivity index (χ3v) is 2.83. The molecule has 0 heterocycles. The Balaban J connectivity index is 1.86. The monoisotopic (exact) mass is 242 g/mol. The van der Waals surface area contributed by atoms with Crippen LogP contribution in [0.1, 0.15) is 17.5 Å². The lowest BCUT2D eigenvalue weighted by Gasteiger charge is -2.02. The summed E-state index contributed by atoms with van der Waals surface area (Å²) in [6.45, 7) is 0. The molecule has 0 saturated carbocycles. The second-order valence-corrected chi connectivity index (χ2v) is 4.33. The number of benzene rings is 2. The lowest BCUT2D eigenvalue weighted by molar-refractivity contribution is -0.118. The third-order valence-electron chi connectivity index (χ3n) is 2.83. The van der Waals surface area contributed by atoms with Crippen molar-refractivity contribution in [1.29, 1.82) is 0 Å². The van der Waals surface area contributed by atoms with Gasteiger partial charge in [0.2, 0.25) is 0 Å². The van der Waals surface area contributed by atoms with Gasteiger partial charge in [-0.05, 0) is 29.7 Å². The van der Waals surface area contributed by atoms with Gasteiger partial charge in [0.15, 0.2) is 0 Å². The minimum absolute atomic E-state index is 0.143. The van der Waals surface area contributed by atoms with Gasteiger partial charge in [-0.15, -0.1) is 0 Å². The zero-order valence-electron chi connectivity index (χ0n) is 10.1. The Kier molecular flexibility index (Phi) is 4.24. The van der Waals surface area contributed by atoms with Gasteiger partial charge in [0.25, 0.3) is 0 Å². The van der Waals surface area contributed by atoms with Gasteiger partial charge < -0.3 is 0 Å². The van der Waals surface area contributed by atoms with E-state index in [0.717, 1.165) is 17.5 Å². The van der Waals surface area contributed by atoms with Gasteiger partial charge in [-0.25, -0.2) is 4.39 Å². The molecule has 18 heavy (non-hydrogen) atoms. The molecule has 2 rings (SSSR count). The summed E-state index contributed by atoms with van der Waals surface area (Å²) < 4.78 is 13.0. The van der Waals surface area contributed by atoms with E-state index in [1.54, 1.807) is 12.1 Å². The van der Waals surface area contributed by atoms with E-state index < -0.39 is 0 Å². The second kappa shape index (κ2) is 6.10. The largest absolute Gasteiger partial charge is 0.299 e.